The summed E-state index contributed by atoms with van der Waals surface area (Å²) in [6.07, 6.45) is 13.0. The first-order valence-corrected chi connectivity index (χ1v) is 12.2. The van der Waals surface area contributed by atoms with Gasteiger partial charge < -0.3 is 20.3 Å². The molecule has 2 aliphatic carbocycles. The highest BCUT2D eigenvalue weighted by Gasteiger charge is 2.73. The first kappa shape index (κ1) is 21.0. The topological polar surface area (TPSA) is 87.7 Å². The molecule has 5 aliphatic rings. The third kappa shape index (κ3) is 3.31. The molecule has 3 amide bonds. The molecule has 1 spiro atoms. The predicted molar refractivity (Wildman–Crippen MR) is 115 cm³/mol. The first-order chi connectivity index (χ1) is 14.9. The Morgan fingerprint density at radius 3 is 2.19 bits per heavy atom. The maximum atomic E-state index is 13.6. The zero-order chi connectivity index (χ0) is 21.8. The molecule has 170 valence electrons. The van der Waals surface area contributed by atoms with Gasteiger partial charge >= 0.3 is 0 Å². The number of carbonyl (C=O) groups excluding carboxylic acids is 3. The van der Waals surface area contributed by atoms with Crippen LogP contribution in [0, 0.1) is 11.8 Å². The fourth-order valence-electron chi connectivity index (χ4n) is 6.66. The second-order valence-electron chi connectivity index (χ2n) is 10.4. The van der Waals surface area contributed by atoms with E-state index in [4.69, 9.17) is 4.74 Å². The Labute approximate surface area is 184 Å². The Bertz CT molecular complexity index is 784. The summed E-state index contributed by atoms with van der Waals surface area (Å²) in [7, 11) is 0. The van der Waals surface area contributed by atoms with Gasteiger partial charge in [-0.05, 0) is 39.5 Å². The third-order valence-electron chi connectivity index (χ3n) is 8.07. The Balaban J connectivity index is 1.42. The summed E-state index contributed by atoms with van der Waals surface area (Å²) < 4.78 is 6.36. The molecule has 0 radical (unpaired) electrons. The molecule has 4 fully saturated rings. The number of amides is 3. The van der Waals surface area contributed by atoms with Crippen LogP contribution in [0.15, 0.2) is 12.2 Å². The van der Waals surface area contributed by atoms with E-state index >= 15 is 0 Å². The number of carbonyl (C=O) groups is 3. The Kier molecular flexibility index (Phi) is 5.35. The minimum Gasteiger partial charge on any atom is -0.359 e. The Hall–Kier alpha value is -1.89. The number of hydrogen-bond donors (Lipinski definition) is 2. The van der Waals surface area contributed by atoms with Crippen LogP contribution >= 0.6 is 0 Å². The molecule has 5 rings (SSSR count). The van der Waals surface area contributed by atoms with E-state index in [9.17, 15) is 14.4 Å². The van der Waals surface area contributed by atoms with E-state index in [1.807, 2.05) is 26.0 Å². The van der Waals surface area contributed by atoms with Crippen LogP contribution in [0.2, 0.25) is 0 Å². The highest BCUT2D eigenvalue weighted by molar-refractivity contribution is 6.00. The van der Waals surface area contributed by atoms with Crippen molar-refractivity contribution in [2.75, 3.05) is 0 Å². The predicted octanol–water partition coefficient (Wildman–Crippen LogP) is 2.05. The van der Waals surface area contributed by atoms with Crippen LogP contribution in [0.25, 0.3) is 0 Å². The van der Waals surface area contributed by atoms with Crippen molar-refractivity contribution in [1.82, 2.24) is 15.5 Å². The van der Waals surface area contributed by atoms with E-state index in [-0.39, 0.29) is 35.8 Å². The van der Waals surface area contributed by atoms with Crippen molar-refractivity contribution in [2.45, 2.75) is 108 Å². The van der Waals surface area contributed by atoms with Crippen LogP contribution in [0.1, 0.15) is 71.6 Å². The van der Waals surface area contributed by atoms with Crippen molar-refractivity contribution in [1.29, 1.82) is 0 Å². The second-order valence-corrected chi connectivity index (χ2v) is 10.4. The van der Waals surface area contributed by atoms with Gasteiger partial charge in [-0.1, -0.05) is 44.3 Å². The lowest BCUT2D eigenvalue weighted by Gasteiger charge is -2.35. The molecule has 2 saturated carbocycles. The third-order valence-corrected chi connectivity index (χ3v) is 8.07. The molecule has 3 heterocycles. The molecule has 2 N–H and O–H groups in total. The lowest BCUT2D eigenvalue weighted by molar-refractivity contribution is -0.144. The minimum absolute atomic E-state index is 0.0986. The number of hydrogen-bond acceptors (Lipinski definition) is 4. The normalized spacial score (nSPS) is 37.6. The van der Waals surface area contributed by atoms with Gasteiger partial charge in [0.15, 0.2) is 0 Å². The maximum absolute atomic E-state index is 13.6. The number of likely N-dealkylation sites (tertiary alicyclic amines) is 1. The van der Waals surface area contributed by atoms with Crippen molar-refractivity contribution >= 4 is 17.7 Å². The van der Waals surface area contributed by atoms with Gasteiger partial charge in [-0.25, -0.2) is 0 Å². The van der Waals surface area contributed by atoms with Crippen LogP contribution in [0.3, 0.4) is 0 Å². The van der Waals surface area contributed by atoms with Crippen LogP contribution in [0.4, 0.5) is 0 Å². The molecular weight excluding hydrogens is 394 g/mol. The van der Waals surface area contributed by atoms with Gasteiger partial charge in [0.1, 0.15) is 11.6 Å². The Morgan fingerprint density at radius 2 is 1.58 bits per heavy atom. The van der Waals surface area contributed by atoms with E-state index in [0.717, 1.165) is 51.4 Å². The lowest BCUT2D eigenvalue weighted by atomic mass is 9.74. The fraction of sp³-hybridized carbons (Fsp3) is 0.792. The summed E-state index contributed by atoms with van der Waals surface area (Å²) in [6.45, 7) is 3.86. The number of nitrogens with zero attached hydrogens (tertiary/aromatic N) is 1. The Morgan fingerprint density at radius 1 is 1.00 bits per heavy atom. The molecule has 2 bridgehead atoms. The molecule has 31 heavy (non-hydrogen) atoms. The van der Waals surface area contributed by atoms with E-state index in [2.05, 4.69) is 10.6 Å². The molecule has 7 nitrogen and oxygen atoms in total. The van der Waals surface area contributed by atoms with Gasteiger partial charge in [0.2, 0.25) is 17.7 Å². The molecule has 3 aliphatic heterocycles. The van der Waals surface area contributed by atoms with Crippen molar-refractivity contribution in [2.24, 2.45) is 11.8 Å². The van der Waals surface area contributed by atoms with E-state index in [0.29, 0.717) is 0 Å². The largest absolute Gasteiger partial charge is 0.359 e. The molecule has 0 aromatic carbocycles. The van der Waals surface area contributed by atoms with Crippen LogP contribution < -0.4 is 10.6 Å². The molecule has 0 aromatic rings. The second kappa shape index (κ2) is 7.91. The average molecular weight is 430 g/mol. The highest BCUT2D eigenvalue weighted by Crippen LogP contribution is 2.55. The molecule has 7 heteroatoms. The zero-order valence-electron chi connectivity index (χ0n) is 18.6. The number of fused-ring (bicyclic) bond motifs is 1. The van der Waals surface area contributed by atoms with Crippen molar-refractivity contribution in [3.05, 3.63) is 12.2 Å². The van der Waals surface area contributed by atoms with Crippen molar-refractivity contribution < 1.29 is 19.1 Å². The zero-order valence-corrected chi connectivity index (χ0v) is 18.6. The summed E-state index contributed by atoms with van der Waals surface area (Å²) >= 11 is 0. The van der Waals surface area contributed by atoms with Crippen molar-refractivity contribution in [3.8, 4) is 0 Å². The van der Waals surface area contributed by atoms with Gasteiger partial charge in [-0.2, -0.15) is 0 Å². The van der Waals surface area contributed by atoms with Gasteiger partial charge in [0.05, 0.1) is 17.9 Å². The average Bonchev–Trinajstić information content (AvgIpc) is 3.50. The van der Waals surface area contributed by atoms with Gasteiger partial charge in [-0.3, -0.25) is 14.4 Å². The number of rotatable bonds is 5. The van der Waals surface area contributed by atoms with Gasteiger partial charge in [0.25, 0.3) is 0 Å². The summed E-state index contributed by atoms with van der Waals surface area (Å²) in [6, 6.07) is -0.527. The van der Waals surface area contributed by atoms with E-state index in [1.165, 1.54) is 6.42 Å². The van der Waals surface area contributed by atoms with Crippen LogP contribution in [0.5, 0.6) is 0 Å². The van der Waals surface area contributed by atoms with Gasteiger partial charge in [-0.15, -0.1) is 0 Å². The summed E-state index contributed by atoms with van der Waals surface area (Å²) in [4.78, 5) is 42.1. The quantitative estimate of drug-likeness (QED) is 0.655. The maximum Gasteiger partial charge on any atom is 0.246 e. The first-order valence-electron chi connectivity index (χ1n) is 12.2. The number of nitrogens with one attached hydrogen (secondary N) is 2. The lowest BCUT2D eigenvalue weighted by Crippen LogP contribution is -2.57. The van der Waals surface area contributed by atoms with E-state index < -0.39 is 29.6 Å². The SMILES string of the molecule is CC(C)N1C(=O)[C@H]2[C@@H](C(=O)NC3CCCC3)[C@H]3C=C[C@@]2(O3)[C@@H]1C(=O)NC1CCCCC1. The van der Waals surface area contributed by atoms with E-state index in [1.54, 1.807) is 4.90 Å². The summed E-state index contributed by atoms with van der Waals surface area (Å²) in [5.74, 6) is -1.56. The van der Waals surface area contributed by atoms with Gasteiger partial charge in [0, 0.05) is 18.1 Å². The van der Waals surface area contributed by atoms with Crippen LogP contribution in [-0.4, -0.2) is 58.5 Å². The fourth-order valence-corrected chi connectivity index (χ4v) is 6.66. The molecule has 5 atom stereocenters. The van der Waals surface area contributed by atoms with Crippen molar-refractivity contribution in [3.63, 3.8) is 0 Å². The standard InChI is InChI=1S/C24H35N3O4/c1-14(2)27-20(22(29)26-16-8-4-3-5-9-16)24-13-12-17(31-24)18(19(24)23(27)30)21(28)25-15-10-6-7-11-15/h12-20H,3-11H2,1-2H3,(H,25,28)(H,26,29)/t17-,18+,19-,20+,24+/m1/s1. The smallest absolute Gasteiger partial charge is 0.246 e. The highest BCUT2D eigenvalue weighted by atomic mass is 16.5. The monoisotopic (exact) mass is 429 g/mol. The minimum atomic E-state index is -1.04. The molecule has 0 unspecified atom stereocenters. The van der Waals surface area contributed by atoms with Crippen LogP contribution in [-0.2, 0) is 19.1 Å². The molecule has 0 aromatic heterocycles. The molecular formula is C24H35N3O4. The summed E-state index contributed by atoms with van der Waals surface area (Å²) in [5, 5.41) is 6.38. The number of ether oxygens (including phenoxy) is 1. The summed E-state index contributed by atoms with van der Waals surface area (Å²) in [5.41, 5.74) is -1.04. The molecule has 2 saturated heterocycles.